The first kappa shape index (κ1) is 107. The zero-order valence-corrected chi connectivity index (χ0v) is 83.8. The summed E-state index contributed by atoms with van der Waals surface area (Å²) in [5.41, 5.74) is 19.4. The number of hydrogen-bond acceptors (Lipinski definition) is 20. The molecule has 5 N–H and O–H groups in total. The molecule has 30 nitrogen and oxygen atoms in total. The number of methoxy groups -OCH3 is 5. The van der Waals surface area contributed by atoms with Crippen molar-refractivity contribution in [3.8, 4) is 115 Å². The third-order valence-electron chi connectivity index (χ3n) is 23.4. The predicted octanol–water partition coefficient (Wildman–Crippen LogP) is 26.9. The van der Waals surface area contributed by atoms with Gasteiger partial charge in [-0.15, -0.1) is 11.6 Å². The summed E-state index contributed by atoms with van der Waals surface area (Å²) in [6.07, 6.45) is -0.481. The average Bonchev–Trinajstić information content (AvgIpc) is 1.63. The van der Waals surface area contributed by atoms with E-state index in [0.717, 1.165) is 152 Å². The molecule has 0 aliphatic heterocycles. The Labute approximate surface area is 850 Å². The number of nitriles is 5. The first-order valence-electron chi connectivity index (χ1n) is 47.1. The Morgan fingerprint density at radius 3 is 0.815 bits per heavy atom. The first-order valence-corrected chi connectivity index (χ1v) is 47.6. The second kappa shape index (κ2) is 51.9. The Morgan fingerprint density at radius 2 is 0.582 bits per heavy atom. The van der Waals surface area contributed by atoms with Crippen LogP contribution in [-0.2, 0) is 63.0 Å². The van der Waals surface area contributed by atoms with Crippen molar-refractivity contribution >= 4 is 125 Å². The Morgan fingerprint density at radius 1 is 0.329 bits per heavy atom. The Bertz CT molecular complexity index is 7500. The second-order valence-electron chi connectivity index (χ2n) is 32.5. The molecule has 5 aromatic heterocycles. The third-order valence-corrected chi connectivity index (χ3v) is 23.7. The average molecular weight is 1990 g/mol. The number of alkyl halides is 2. The van der Waals surface area contributed by atoms with Crippen molar-refractivity contribution in [3.63, 3.8) is 0 Å². The van der Waals surface area contributed by atoms with Crippen molar-refractivity contribution in [2.75, 3.05) is 94.5 Å². The lowest BCUT2D eigenvalue weighted by atomic mass is 10.1. The number of halogens is 2. The minimum absolute atomic E-state index is 0.191. The maximum absolute atomic E-state index is 12.3. The Kier molecular flexibility index (Phi) is 37.9. The van der Waals surface area contributed by atoms with Gasteiger partial charge in [-0.1, -0.05) is 111 Å². The van der Waals surface area contributed by atoms with Gasteiger partial charge in [0.05, 0.1) is 138 Å². The van der Waals surface area contributed by atoms with Gasteiger partial charge in [0.1, 0.15) is 79.0 Å². The number of anilines is 5. The normalized spacial score (nSPS) is 10.5. The van der Waals surface area contributed by atoms with Gasteiger partial charge in [-0.05, 0) is 181 Å². The van der Waals surface area contributed by atoms with Crippen LogP contribution in [0.5, 0.6) is 28.7 Å². The van der Waals surface area contributed by atoms with Crippen molar-refractivity contribution < 1.29 is 75.7 Å². The summed E-state index contributed by atoms with van der Waals surface area (Å²) in [6, 6.07) is 86.2. The summed E-state index contributed by atoms with van der Waals surface area (Å²) in [5.74, 6) is 4.39. The van der Waals surface area contributed by atoms with Gasteiger partial charge in [-0.2, -0.15) is 26.3 Å². The number of aryl methyl sites for hydroxylation is 5. The van der Waals surface area contributed by atoms with E-state index in [0.29, 0.717) is 119 Å². The van der Waals surface area contributed by atoms with E-state index in [1.54, 1.807) is 84.9 Å². The molecule has 0 radical (unpaired) electrons. The molecule has 16 aromatic rings. The van der Waals surface area contributed by atoms with Gasteiger partial charge in [-0.25, -0.2) is 28.4 Å². The standard InChI is InChI=1S/C26H23N3O3.C23H25N3O3.C22H22ClN3O3.C22H21N3O3.C21H20FN3O3/c1-3-29-24-15-21(31-2)12-13-22(24)23(16-27)25(29)19-10-7-11-20(14-19)28-26(30)32-17-18-8-5-4-6-9-18;1-4-6-12-29-23(27)25-17-9-7-8-16(13-17)22-20(15-24)19-11-10-18(28-3)14-21(19)26(22)5-2;1-3-26-20-13-17(28-2)8-9-18(20)19(14-24)21(26)15-6-4-7-16(12-15)25-22(27)29-11-5-10-23;1-5-25-20-12-17(27-4)9-10-18(20)19(13-23)21(25)15-7-6-8-16(11-15)24-22(26)28-14(2)3;1-3-25-19-12-16(27-2)7-8-17(19)18(13-23)20(25)14-5-4-6-15(11-14)24-21(26)28-10-9-22/h4-15H,3,17H2,1-2H3,(H,28,30);7-11,13-14H,4-6,12H2,1-3H3,(H,25,27);4,6-9,12-13H,3,5,10-11H2,1-2H3,(H,25,27);6-12H,2,5H2,1,3-4H3,(H,24,26);4-8,11-12H,3,9-10H2,1-2H3,(H,24,26). The molecule has 746 valence electrons. The molecular weight excluding hydrogens is 1870 g/mol. The van der Waals surface area contributed by atoms with Crippen LogP contribution < -0.4 is 50.3 Å². The van der Waals surface area contributed by atoms with Gasteiger partial charge in [0, 0.05) is 152 Å². The fourth-order valence-corrected chi connectivity index (χ4v) is 17.1. The highest BCUT2D eigenvalue weighted by Gasteiger charge is 2.27. The molecule has 16 rings (SSSR count). The molecule has 0 fully saturated rings. The number of rotatable bonds is 31. The Hall–Kier alpha value is -18.1. The topological polar surface area (TPSA) is 381 Å². The number of hydrogen-bond donors (Lipinski definition) is 5. The minimum Gasteiger partial charge on any atom is -0.497 e. The molecule has 0 bridgehead atoms. The second-order valence-corrected chi connectivity index (χ2v) is 32.9. The molecule has 0 spiro atoms. The van der Waals surface area contributed by atoms with Gasteiger partial charge in [0.15, 0.2) is 0 Å². The van der Waals surface area contributed by atoms with Crippen LogP contribution in [0.3, 0.4) is 0 Å². The number of unbranched alkanes of at least 4 members (excludes halogenated alkanes) is 1. The third kappa shape index (κ3) is 25.4. The van der Waals surface area contributed by atoms with Gasteiger partial charge in [0.2, 0.25) is 0 Å². The lowest BCUT2D eigenvalue weighted by Crippen LogP contribution is -2.15. The van der Waals surface area contributed by atoms with Crippen molar-refractivity contribution in [2.24, 2.45) is 0 Å². The van der Waals surface area contributed by atoms with Crippen molar-refractivity contribution in [3.05, 3.63) is 288 Å². The molecule has 5 heterocycles. The van der Waals surface area contributed by atoms with Crippen molar-refractivity contribution in [1.82, 2.24) is 22.8 Å². The van der Waals surface area contributed by atoms with Gasteiger partial charge in [0.25, 0.3) is 0 Å². The van der Waals surface area contributed by atoms with E-state index >= 15 is 0 Å². The number of amides is 5. The van der Waals surface area contributed by atoms with Crippen molar-refractivity contribution in [2.45, 2.75) is 107 Å². The molecule has 5 amide bonds. The maximum Gasteiger partial charge on any atom is 0.416 e. The van der Waals surface area contributed by atoms with E-state index in [9.17, 15) is 54.7 Å². The number of ether oxygens (including phenoxy) is 10. The van der Waals surface area contributed by atoms with Crippen LogP contribution in [-0.4, -0.2) is 121 Å². The molecule has 0 aliphatic carbocycles. The number of carbonyl (C=O) groups is 5. The molecular formula is C114H111ClFN15O15. The Balaban J connectivity index is 0.000000162. The molecule has 146 heavy (non-hydrogen) atoms. The number of nitrogens with one attached hydrogen (secondary N) is 5. The quantitative estimate of drug-likeness (QED) is 0.0117. The lowest BCUT2D eigenvalue weighted by Gasteiger charge is -2.11. The minimum atomic E-state index is -0.737. The summed E-state index contributed by atoms with van der Waals surface area (Å²) < 4.78 is 74.5. The largest absolute Gasteiger partial charge is 0.497 e. The summed E-state index contributed by atoms with van der Waals surface area (Å²) >= 11 is 5.60. The number of fused-ring (bicyclic) bond motifs is 5. The van der Waals surface area contributed by atoms with Crippen LogP contribution in [0, 0.1) is 56.7 Å². The smallest absolute Gasteiger partial charge is 0.416 e. The van der Waals surface area contributed by atoms with E-state index in [1.165, 1.54) is 0 Å². The summed E-state index contributed by atoms with van der Waals surface area (Å²) in [4.78, 5) is 59.8. The van der Waals surface area contributed by atoms with Gasteiger partial charge >= 0.3 is 30.5 Å². The van der Waals surface area contributed by atoms with E-state index in [4.69, 9.17) is 59.0 Å². The number of carbonyl (C=O) groups excluding carboxylic acids is 5. The summed E-state index contributed by atoms with van der Waals surface area (Å²) in [7, 11) is 8.09. The van der Waals surface area contributed by atoms with Crippen LogP contribution >= 0.6 is 11.6 Å². The number of nitrogens with zero attached hydrogens (tertiary/aromatic N) is 10. The highest BCUT2D eigenvalue weighted by molar-refractivity contribution is 6.17. The maximum atomic E-state index is 12.3. The SMILES string of the molecule is C=C(C)OC(=O)Nc1cccc(-c2c(C#N)c3ccc(OC)cc3n2CC)c1.CCCCOC(=O)Nc1cccc(-c2c(C#N)c3ccc(OC)cc3n2CC)c1.CCn1c(-c2cccc(NC(=O)OCCCCl)c2)c(C#N)c2ccc(OC)cc21.CCn1c(-c2cccc(NC(=O)OCCF)c2)c(C#N)c2ccc(OC)cc21.CCn1c(-c2cccc(NC(=O)OCc3ccccc3)c2)c(C#N)c2ccc(OC)cc21. The zero-order chi connectivity index (χ0) is 104. The fourth-order valence-electron chi connectivity index (χ4n) is 17.0. The predicted molar refractivity (Wildman–Crippen MR) is 568 cm³/mol. The van der Waals surface area contributed by atoms with E-state index < -0.39 is 37.1 Å². The van der Waals surface area contributed by atoms with E-state index in [2.05, 4.69) is 81.8 Å². The highest BCUT2D eigenvalue weighted by atomic mass is 35.5. The van der Waals surface area contributed by atoms with E-state index in [-0.39, 0.29) is 19.8 Å². The zero-order valence-electron chi connectivity index (χ0n) is 83.1. The van der Waals surface area contributed by atoms with Gasteiger partial charge < -0.3 is 70.2 Å². The number of allylic oxidation sites excluding steroid dienone is 1. The molecule has 32 heteroatoms. The summed E-state index contributed by atoms with van der Waals surface area (Å²) in [6.45, 7) is 20.5. The molecule has 0 saturated heterocycles. The van der Waals surface area contributed by atoms with Crippen LogP contribution in [0.2, 0.25) is 0 Å². The highest BCUT2D eigenvalue weighted by Crippen LogP contribution is 2.43. The van der Waals surface area contributed by atoms with Crippen LogP contribution in [0.25, 0.3) is 111 Å². The number of aromatic nitrogens is 5. The number of benzene rings is 11. The fraction of sp³-hybridized carbons (Fsp3) is 0.228. The molecule has 0 atom stereocenters. The molecule has 0 aliphatic rings. The first-order chi connectivity index (χ1) is 71.0. The molecule has 0 unspecified atom stereocenters. The van der Waals surface area contributed by atoms with Gasteiger partial charge in [-0.3, -0.25) is 26.6 Å². The van der Waals surface area contributed by atoms with Crippen LogP contribution in [0.1, 0.15) is 101 Å². The van der Waals surface area contributed by atoms with Crippen molar-refractivity contribution in [1.29, 1.82) is 26.3 Å². The van der Waals surface area contributed by atoms with Crippen LogP contribution in [0.4, 0.5) is 56.8 Å². The molecule has 0 saturated carbocycles. The monoisotopic (exact) mass is 1980 g/mol. The lowest BCUT2D eigenvalue weighted by molar-refractivity contribution is 0.152. The van der Waals surface area contributed by atoms with E-state index in [1.807, 2.05) is 246 Å². The molecule has 11 aromatic carbocycles. The van der Waals surface area contributed by atoms with Crippen LogP contribution in [0.15, 0.2) is 255 Å². The summed E-state index contributed by atoms with van der Waals surface area (Å²) in [5, 5.41) is 67.1.